The van der Waals surface area contributed by atoms with Crippen LogP contribution in [0.5, 0.6) is 11.5 Å². The minimum atomic E-state index is -0.494. The van der Waals surface area contributed by atoms with Gasteiger partial charge in [-0.25, -0.2) is 4.79 Å². The summed E-state index contributed by atoms with van der Waals surface area (Å²) in [5.74, 6) is -0.261. The van der Waals surface area contributed by atoms with E-state index in [4.69, 9.17) is 4.42 Å². The average Bonchev–Trinajstić information content (AvgIpc) is 2.38. The van der Waals surface area contributed by atoms with E-state index in [0.717, 1.165) is 5.56 Å². The van der Waals surface area contributed by atoms with Crippen molar-refractivity contribution in [1.82, 2.24) is 0 Å². The minimum Gasteiger partial charge on any atom is -0.508 e. The maximum absolute atomic E-state index is 12.1. The summed E-state index contributed by atoms with van der Waals surface area (Å²) in [6.45, 7) is 1.75. The third-order valence-electron chi connectivity index (χ3n) is 3.29. The predicted molar refractivity (Wildman–Crippen MR) is 76.0 cm³/mol. The molecule has 0 amide bonds. The van der Waals surface area contributed by atoms with Gasteiger partial charge in [-0.3, -0.25) is 0 Å². The first-order chi connectivity index (χ1) is 9.58. The lowest BCUT2D eigenvalue weighted by atomic mass is 9.99. The highest BCUT2D eigenvalue weighted by molar-refractivity contribution is 5.92. The van der Waals surface area contributed by atoms with E-state index in [9.17, 15) is 15.0 Å². The van der Waals surface area contributed by atoms with Crippen molar-refractivity contribution in [2.75, 3.05) is 0 Å². The standard InChI is InChI=1S/C16H12O4/c1-9-14(10-5-3-2-4-6-10)16(19)20-13-8-11(17)7-12(18)15(9)13/h2-8,17-18H,1H3. The second-order valence-electron chi connectivity index (χ2n) is 4.59. The summed E-state index contributed by atoms with van der Waals surface area (Å²) in [5, 5.41) is 19.9. The summed E-state index contributed by atoms with van der Waals surface area (Å²) in [4.78, 5) is 12.1. The highest BCUT2D eigenvalue weighted by Crippen LogP contribution is 2.34. The molecular formula is C16H12O4. The van der Waals surface area contributed by atoms with Crippen LogP contribution < -0.4 is 5.63 Å². The number of benzene rings is 2. The van der Waals surface area contributed by atoms with Gasteiger partial charge in [0.15, 0.2) is 0 Å². The van der Waals surface area contributed by atoms with Crippen molar-refractivity contribution >= 4 is 11.0 Å². The summed E-state index contributed by atoms with van der Waals surface area (Å²) in [6.07, 6.45) is 0. The van der Waals surface area contributed by atoms with Crippen molar-refractivity contribution in [2.45, 2.75) is 6.92 Å². The van der Waals surface area contributed by atoms with Crippen LogP contribution in [0.3, 0.4) is 0 Å². The van der Waals surface area contributed by atoms with Gasteiger partial charge < -0.3 is 14.6 Å². The lowest BCUT2D eigenvalue weighted by molar-refractivity contribution is 0.451. The number of aryl methyl sites for hydroxylation is 1. The largest absolute Gasteiger partial charge is 0.508 e. The topological polar surface area (TPSA) is 70.7 Å². The fraction of sp³-hybridized carbons (Fsp3) is 0.0625. The second kappa shape index (κ2) is 4.42. The van der Waals surface area contributed by atoms with E-state index in [1.165, 1.54) is 12.1 Å². The van der Waals surface area contributed by atoms with Crippen LogP contribution in [0, 0.1) is 6.92 Å². The van der Waals surface area contributed by atoms with Crippen LogP contribution >= 0.6 is 0 Å². The molecule has 3 aromatic rings. The Morgan fingerprint density at radius 1 is 1.05 bits per heavy atom. The lowest BCUT2D eigenvalue weighted by Crippen LogP contribution is -2.05. The molecule has 4 nitrogen and oxygen atoms in total. The predicted octanol–water partition coefficient (Wildman–Crippen LogP) is 3.18. The van der Waals surface area contributed by atoms with Crippen LogP contribution in [0.2, 0.25) is 0 Å². The van der Waals surface area contributed by atoms with Crippen LogP contribution in [-0.2, 0) is 0 Å². The second-order valence-corrected chi connectivity index (χ2v) is 4.59. The average molecular weight is 268 g/mol. The van der Waals surface area contributed by atoms with Gasteiger partial charge in [-0.05, 0) is 18.1 Å². The van der Waals surface area contributed by atoms with Gasteiger partial charge in [-0.15, -0.1) is 0 Å². The molecule has 0 aliphatic carbocycles. The van der Waals surface area contributed by atoms with Crippen molar-refractivity contribution in [3.63, 3.8) is 0 Å². The number of rotatable bonds is 1. The number of hydrogen-bond donors (Lipinski definition) is 2. The first kappa shape index (κ1) is 12.3. The Kier molecular flexibility index (Phi) is 2.71. The summed E-state index contributed by atoms with van der Waals surface area (Å²) in [5.41, 5.74) is 1.45. The van der Waals surface area contributed by atoms with E-state index in [-0.39, 0.29) is 17.1 Å². The number of hydrogen-bond acceptors (Lipinski definition) is 4. The summed E-state index contributed by atoms with van der Waals surface area (Å²) in [6, 6.07) is 11.7. The van der Waals surface area contributed by atoms with Crippen molar-refractivity contribution in [3.8, 4) is 22.6 Å². The van der Waals surface area contributed by atoms with Crippen LogP contribution in [0.15, 0.2) is 51.7 Å². The first-order valence-corrected chi connectivity index (χ1v) is 6.12. The first-order valence-electron chi connectivity index (χ1n) is 6.12. The van der Waals surface area contributed by atoms with E-state index >= 15 is 0 Å². The van der Waals surface area contributed by atoms with Crippen molar-refractivity contribution in [2.24, 2.45) is 0 Å². The Balaban J connectivity index is 2.44. The Bertz CT molecular complexity index is 848. The third kappa shape index (κ3) is 1.82. The Hall–Kier alpha value is -2.75. The van der Waals surface area contributed by atoms with Gasteiger partial charge in [-0.1, -0.05) is 30.3 Å². The highest BCUT2D eigenvalue weighted by atomic mass is 16.4. The molecular weight excluding hydrogens is 256 g/mol. The highest BCUT2D eigenvalue weighted by Gasteiger charge is 2.16. The van der Waals surface area contributed by atoms with Crippen LogP contribution in [-0.4, -0.2) is 10.2 Å². The van der Waals surface area contributed by atoms with Crippen LogP contribution in [0.25, 0.3) is 22.1 Å². The van der Waals surface area contributed by atoms with Gasteiger partial charge in [0.25, 0.3) is 0 Å². The quantitative estimate of drug-likeness (QED) is 0.665. The van der Waals surface area contributed by atoms with Gasteiger partial charge >= 0.3 is 5.63 Å². The van der Waals surface area contributed by atoms with E-state index < -0.39 is 5.63 Å². The molecule has 2 N–H and O–H groups in total. The Morgan fingerprint density at radius 3 is 2.45 bits per heavy atom. The van der Waals surface area contributed by atoms with Crippen molar-refractivity contribution < 1.29 is 14.6 Å². The molecule has 0 aliphatic heterocycles. The normalized spacial score (nSPS) is 10.8. The fourth-order valence-corrected chi connectivity index (χ4v) is 2.41. The third-order valence-corrected chi connectivity index (χ3v) is 3.29. The zero-order valence-corrected chi connectivity index (χ0v) is 10.8. The maximum atomic E-state index is 12.1. The molecule has 0 spiro atoms. The SMILES string of the molecule is Cc1c(-c2ccccc2)c(=O)oc2cc(O)cc(O)c12. The minimum absolute atomic E-state index is 0.113. The zero-order valence-electron chi connectivity index (χ0n) is 10.8. The molecule has 0 saturated carbocycles. The molecule has 0 aliphatic rings. The van der Waals surface area contributed by atoms with Gasteiger partial charge in [0.05, 0.1) is 10.9 Å². The Morgan fingerprint density at radius 2 is 1.75 bits per heavy atom. The molecule has 0 saturated heterocycles. The molecule has 1 heterocycles. The number of phenolic OH excluding ortho intramolecular Hbond substituents is 2. The van der Waals surface area contributed by atoms with E-state index in [1.54, 1.807) is 6.92 Å². The van der Waals surface area contributed by atoms with Gasteiger partial charge in [0, 0.05) is 12.1 Å². The Labute approximate surface area is 114 Å². The fourth-order valence-electron chi connectivity index (χ4n) is 2.41. The van der Waals surface area contributed by atoms with E-state index in [0.29, 0.717) is 16.5 Å². The number of fused-ring (bicyclic) bond motifs is 1. The van der Waals surface area contributed by atoms with Gasteiger partial charge in [0.1, 0.15) is 17.1 Å². The van der Waals surface area contributed by atoms with E-state index in [1.807, 2.05) is 30.3 Å². The molecule has 0 atom stereocenters. The molecule has 100 valence electrons. The van der Waals surface area contributed by atoms with Crippen LogP contribution in [0.4, 0.5) is 0 Å². The molecule has 20 heavy (non-hydrogen) atoms. The summed E-state index contributed by atoms with van der Waals surface area (Å²) < 4.78 is 5.21. The zero-order chi connectivity index (χ0) is 14.3. The van der Waals surface area contributed by atoms with Gasteiger partial charge in [0.2, 0.25) is 0 Å². The molecule has 3 rings (SSSR count). The summed E-state index contributed by atoms with van der Waals surface area (Å²) in [7, 11) is 0. The van der Waals surface area contributed by atoms with E-state index in [2.05, 4.69) is 0 Å². The van der Waals surface area contributed by atoms with Crippen molar-refractivity contribution in [3.05, 3.63) is 58.4 Å². The molecule has 0 unspecified atom stereocenters. The van der Waals surface area contributed by atoms with Crippen molar-refractivity contribution in [1.29, 1.82) is 0 Å². The number of phenols is 2. The monoisotopic (exact) mass is 268 g/mol. The lowest BCUT2D eigenvalue weighted by Gasteiger charge is -2.09. The molecule has 1 aromatic heterocycles. The maximum Gasteiger partial charge on any atom is 0.344 e. The molecule has 4 heteroatoms. The smallest absolute Gasteiger partial charge is 0.344 e. The van der Waals surface area contributed by atoms with Gasteiger partial charge in [-0.2, -0.15) is 0 Å². The van der Waals surface area contributed by atoms with Crippen LogP contribution in [0.1, 0.15) is 5.56 Å². The molecule has 0 radical (unpaired) electrons. The molecule has 0 fully saturated rings. The number of aromatic hydroxyl groups is 2. The summed E-state index contributed by atoms with van der Waals surface area (Å²) >= 11 is 0. The molecule has 0 bridgehead atoms. The molecule has 2 aromatic carbocycles.